The summed E-state index contributed by atoms with van der Waals surface area (Å²) in [6, 6.07) is 4.55. The maximum Gasteiger partial charge on any atom is 0.342 e. The molecule has 5 nitrogen and oxygen atoms in total. The summed E-state index contributed by atoms with van der Waals surface area (Å²) in [6.45, 7) is 0. The van der Waals surface area contributed by atoms with Gasteiger partial charge in [-0.05, 0) is 36.5 Å². The Bertz CT molecular complexity index is 638. The lowest BCUT2D eigenvalue weighted by atomic mass is 9.84. The van der Waals surface area contributed by atoms with E-state index in [0.29, 0.717) is 5.92 Å². The van der Waals surface area contributed by atoms with Crippen molar-refractivity contribution in [3.05, 3.63) is 27.3 Å². The minimum Gasteiger partial charge on any atom is -0.230 e. The van der Waals surface area contributed by atoms with E-state index < -0.39 is 29.8 Å². The van der Waals surface area contributed by atoms with E-state index in [4.69, 9.17) is 5.14 Å². The second-order valence-electron chi connectivity index (χ2n) is 4.79. The van der Waals surface area contributed by atoms with E-state index in [1.165, 1.54) is 18.6 Å². The minimum atomic E-state index is -4.00. The highest BCUT2D eigenvalue weighted by Gasteiger charge is 2.22. The molecule has 0 atom stereocenters. The maximum absolute atomic E-state index is 11.5. The maximum atomic E-state index is 11.5. The van der Waals surface area contributed by atoms with Gasteiger partial charge in [0, 0.05) is 0 Å². The van der Waals surface area contributed by atoms with Crippen molar-refractivity contribution in [1.29, 1.82) is 0 Å². The van der Waals surface area contributed by atoms with Crippen LogP contribution in [-0.4, -0.2) is 8.42 Å². The molecule has 0 unspecified atom stereocenters. The minimum absolute atomic E-state index is 0.133. The van der Waals surface area contributed by atoms with E-state index in [1.807, 2.05) is 0 Å². The molecule has 1 aromatic carbocycles. The van der Waals surface area contributed by atoms with Crippen molar-refractivity contribution >= 4 is 29.8 Å². The SMILES string of the molecule is NS(=O)(=O)c1cc(C2CCCCC2)ccc1I(=O)=O. The summed E-state index contributed by atoms with van der Waals surface area (Å²) in [5, 5.41) is 5.11. The van der Waals surface area contributed by atoms with Gasteiger partial charge < -0.3 is 0 Å². The number of rotatable bonds is 3. The molecule has 0 saturated heterocycles. The van der Waals surface area contributed by atoms with Crippen LogP contribution in [0.2, 0.25) is 0 Å². The summed E-state index contributed by atoms with van der Waals surface area (Å²) in [6.07, 6.45) is 5.48. The van der Waals surface area contributed by atoms with Gasteiger partial charge in [-0.15, -0.1) is 0 Å². The molecule has 19 heavy (non-hydrogen) atoms. The lowest BCUT2D eigenvalue weighted by molar-refractivity contribution is 0.443. The average Bonchev–Trinajstić information content (AvgIpc) is 2.38. The van der Waals surface area contributed by atoms with Gasteiger partial charge in [-0.2, -0.15) is 0 Å². The Balaban J connectivity index is 2.49. The van der Waals surface area contributed by atoms with Crippen LogP contribution in [0.4, 0.5) is 0 Å². The molecule has 7 heteroatoms. The predicted octanol–water partition coefficient (Wildman–Crippen LogP) is 2.75. The zero-order valence-corrected chi connectivity index (χ0v) is 13.3. The van der Waals surface area contributed by atoms with E-state index in [9.17, 15) is 14.6 Å². The molecular weight excluding hydrogens is 381 g/mol. The van der Waals surface area contributed by atoms with Crippen molar-refractivity contribution in [2.45, 2.75) is 42.9 Å². The molecule has 1 aromatic rings. The Kier molecular flexibility index (Phi) is 4.57. The zero-order valence-electron chi connectivity index (χ0n) is 10.3. The fourth-order valence-electron chi connectivity index (χ4n) is 2.56. The molecule has 106 valence electrons. The van der Waals surface area contributed by atoms with Crippen LogP contribution in [0.1, 0.15) is 43.6 Å². The van der Waals surface area contributed by atoms with Gasteiger partial charge in [0.1, 0.15) is 4.90 Å². The summed E-state index contributed by atoms with van der Waals surface area (Å²) in [5.41, 5.74) is 0.880. The van der Waals surface area contributed by atoms with Crippen molar-refractivity contribution in [3.63, 3.8) is 0 Å². The van der Waals surface area contributed by atoms with Gasteiger partial charge in [-0.25, -0.2) is 19.7 Å². The molecule has 1 fully saturated rings. The van der Waals surface area contributed by atoms with E-state index in [1.54, 1.807) is 6.07 Å². The molecule has 0 spiro atoms. The van der Waals surface area contributed by atoms with Crippen molar-refractivity contribution in [2.24, 2.45) is 5.14 Å². The number of primary sulfonamides is 1. The molecule has 1 aliphatic rings. The number of nitrogens with two attached hydrogens (primary N) is 1. The molecule has 0 bridgehead atoms. The van der Waals surface area contributed by atoms with Crippen LogP contribution in [0.3, 0.4) is 0 Å². The Labute approximate surface area is 119 Å². The number of halogens is 1. The van der Waals surface area contributed by atoms with Crippen molar-refractivity contribution in [1.82, 2.24) is 0 Å². The van der Waals surface area contributed by atoms with Gasteiger partial charge in [0.05, 0.1) is 3.57 Å². The molecule has 0 heterocycles. The van der Waals surface area contributed by atoms with Crippen LogP contribution in [0.15, 0.2) is 23.1 Å². The molecule has 0 aromatic heterocycles. The van der Waals surface area contributed by atoms with Gasteiger partial charge in [-0.3, -0.25) is 0 Å². The number of benzene rings is 1. The van der Waals surface area contributed by atoms with E-state index in [2.05, 4.69) is 0 Å². The highest BCUT2D eigenvalue weighted by atomic mass is 127. The van der Waals surface area contributed by atoms with Crippen molar-refractivity contribution in [3.8, 4) is 0 Å². The highest BCUT2D eigenvalue weighted by molar-refractivity contribution is 14.2. The molecular formula is C12H16INO4S. The van der Waals surface area contributed by atoms with Crippen LogP contribution < -0.4 is 5.14 Å². The van der Waals surface area contributed by atoms with Gasteiger partial charge in [0.25, 0.3) is 0 Å². The zero-order chi connectivity index (χ0) is 14.0. The van der Waals surface area contributed by atoms with Gasteiger partial charge >= 0.3 is 19.8 Å². The van der Waals surface area contributed by atoms with E-state index in [-0.39, 0.29) is 8.47 Å². The normalized spacial score (nSPS) is 17.8. The Hall–Kier alpha value is -0.540. The topological polar surface area (TPSA) is 94.3 Å². The second kappa shape index (κ2) is 5.84. The summed E-state index contributed by atoms with van der Waals surface area (Å²) in [5.74, 6) is 0.309. The first kappa shape index (κ1) is 14.9. The quantitative estimate of drug-likeness (QED) is 0.794. The molecule has 0 radical (unpaired) electrons. The fourth-order valence-corrected chi connectivity index (χ4v) is 5.60. The van der Waals surface area contributed by atoms with Gasteiger partial charge in [0.2, 0.25) is 10.0 Å². The monoisotopic (exact) mass is 397 g/mol. The predicted molar refractivity (Wildman–Crippen MR) is 77.7 cm³/mol. The third-order valence-electron chi connectivity index (χ3n) is 3.50. The lowest BCUT2D eigenvalue weighted by Gasteiger charge is -2.22. The third-order valence-corrected chi connectivity index (χ3v) is 6.71. The molecule has 2 N–H and O–H groups in total. The largest absolute Gasteiger partial charge is 0.342 e. The van der Waals surface area contributed by atoms with Gasteiger partial charge in [-0.1, -0.05) is 25.3 Å². The summed E-state index contributed by atoms with van der Waals surface area (Å²) >= 11 is -3.86. The Morgan fingerprint density at radius 3 is 2.26 bits per heavy atom. The van der Waals surface area contributed by atoms with Crippen LogP contribution in [0.5, 0.6) is 0 Å². The van der Waals surface area contributed by atoms with E-state index in [0.717, 1.165) is 31.2 Å². The van der Waals surface area contributed by atoms with Crippen molar-refractivity contribution < 1.29 is 14.6 Å². The molecule has 1 aliphatic carbocycles. The van der Waals surface area contributed by atoms with Crippen LogP contribution >= 0.6 is 19.8 Å². The molecule has 1 saturated carbocycles. The third kappa shape index (κ3) is 3.51. The smallest absolute Gasteiger partial charge is 0.230 e. The number of hydrogen-bond donors (Lipinski definition) is 1. The first-order chi connectivity index (χ1) is 8.89. The van der Waals surface area contributed by atoms with Crippen LogP contribution in [0.25, 0.3) is 0 Å². The second-order valence-corrected chi connectivity index (χ2v) is 8.72. The Morgan fingerprint density at radius 2 is 1.74 bits per heavy atom. The molecule has 2 rings (SSSR count). The Morgan fingerprint density at radius 1 is 1.11 bits per heavy atom. The van der Waals surface area contributed by atoms with Gasteiger partial charge in [0.15, 0.2) is 0 Å². The summed E-state index contributed by atoms with van der Waals surface area (Å²) in [4.78, 5) is -0.245. The molecule has 0 amide bonds. The van der Waals surface area contributed by atoms with Crippen LogP contribution in [0, 0.1) is 3.57 Å². The first-order valence-electron chi connectivity index (χ1n) is 6.11. The van der Waals surface area contributed by atoms with Crippen LogP contribution in [-0.2, 0) is 16.2 Å². The summed E-state index contributed by atoms with van der Waals surface area (Å²) in [7, 11) is -4.00. The number of sulfonamides is 1. The molecule has 0 aliphatic heterocycles. The fraction of sp³-hybridized carbons (Fsp3) is 0.500. The van der Waals surface area contributed by atoms with E-state index >= 15 is 0 Å². The lowest BCUT2D eigenvalue weighted by Crippen LogP contribution is -2.15. The first-order valence-corrected chi connectivity index (χ1v) is 10.5. The van der Waals surface area contributed by atoms with Crippen molar-refractivity contribution in [2.75, 3.05) is 0 Å². The standard InChI is InChI=1S/C12H16INO4S/c14-19(17,18)12-8-10(6-7-11(12)13(15)16)9-4-2-1-3-5-9/h6-9H,1-5H2,(H2,14,17,18). The average molecular weight is 397 g/mol. The highest BCUT2D eigenvalue weighted by Crippen LogP contribution is 2.35. The summed E-state index contributed by atoms with van der Waals surface area (Å²) < 4.78 is 45.2. The number of hydrogen-bond acceptors (Lipinski definition) is 4.